The van der Waals surface area contributed by atoms with E-state index >= 15 is 0 Å². The van der Waals surface area contributed by atoms with Gasteiger partial charge in [-0.1, -0.05) is 0 Å². The number of anilines is 1. The van der Waals surface area contributed by atoms with E-state index in [2.05, 4.69) is 20.8 Å². The smallest absolute Gasteiger partial charge is 0.251 e. The summed E-state index contributed by atoms with van der Waals surface area (Å²) >= 11 is 0. The number of halogens is 2. The van der Waals surface area contributed by atoms with Gasteiger partial charge in [0, 0.05) is 73.6 Å². The van der Waals surface area contributed by atoms with Crippen LogP contribution in [0.3, 0.4) is 0 Å². The van der Waals surface area contributed by atoms with Crippen LogP contribution in [0.5, 0.6) is 0 Å². The van der Waals surface area contributed by atoms with Gasteiger partial charge in [-0.25, -0.2) is 18.3 Å². The first-order valence-electron chi connectivity index (χ1n) is 13.0. The van der Waals surface area contributed by atoms with Crippen LogP contribution in [-0.2, 0) is 16.0 Å². The molecule has 0 aliphatic carbocycles. The third-order valence-electron chi connectivity index (χ3n) is 7.30. The van der Waals surface area contributed by atoms with Crippen molar-refractivity contribution in [2.75, 3.05) is 38.8 Å². The van der Waals surface area contributed by atoms with Crippen LogP contribution < -0.4 is 10.6 Å². The van der Waals surface area contributed by atoms with Crippen molar-refractivity contribution in [3.05, 3.63) is 54.1 Å². The summed E-state index contributed by atoms with van der Waals surface area (Å²) < 4.78 is 44.0. The molecular formula is C27H29F2N7O3. The summed E-state index contributed by atoms with van der Waals surface area (Å²) in [6.45, 7) is 3.53. The Labute approximate surface area is 223 Å². The highest BCUT2D eigenvalue weighted by Gasteiger charge is 2.24. The zero-order valence-electron chi connectivity index (χ0n) is 21.5. The third-order valence-corrected chi connectivity index (χ3v) is 7.30. The van der Waals surface area contributed by atoms with E-state index in [0.717, 1.165) is 56.2 Å². The molecule has 0 unspecified atom stereocenters. The Morgan fingerprint density at radius 1 is 1.03 bits per heavy atom. The molecule has 0 radical (unpaired) electrons. The number of carbonyl (C=O) groups excluding carboxylic acids is 1. The van der Waals surface area contributed by atoms with Gasteiger partial charge in [-0.15, -0.1) is 0 Å². The van der Waals surface area contributed by atoms with Crippen molar-refractivity contribution in [3.8, 4) is 22.3 Å². The molecule has 2 aliphatic heterocycles. The van der Waals surface area contributed by atoms with E-state index < -0.39 is 17.5 Å². The number of ether oxygens (including phenoxy) is 2. The normalized spacial score (nSPS) is 18.1. The second-order valence-corrected chi connectivity index (χ2v) is 9.94. The molecule has 2 saturated heterocycles. The quantitative estimate of drug-likeness (QED) is 0.371. The van der Waals surface area contributed by atoms with Crippen molar-refractivity contribution < 1.29 is 23.0 Å². The van der Waals surface area contributed by atoms with E-state index in [0.29, 0.717) is 30.6 Å². The van der Waals surface area contributed by atoms with Crippen LogP contribution in [0, 0.1) is 17.6 Å². The molecule has 1 amide bonds. The number of fused-ring (bicyclic) bond motifs is 1. The lowest BCUT2D eigenvalue weighted by molar-refractivity contribution is 0.0601. The lowest BCUT2D eigenvalue weighted by Gasteiger charge is -2.21. The standard InChI is InChI=1S/C27H29F2N7O3/c1-30-27(37)17-8-20(24(29)23(28)9-17)21-11-32-36-14-22(25(34-26(21)36)33-19-4-7-39-15-19)18-10-31-35(13-18)12-16-2-5-38-6-3-16/h8-11,13-14,16,19H,2-7,12,15H2,1H3,(H,30,37)(H,33,34)/t19-/m0/s1. The molecule has 1 aromatic carbocycles. The Hall–Kier alpha value is -3.90. The Balaban J connectivity index is 1.41. The Morgan fingerprint density at radius 3 is 2.62 bits per heavy atom. The number of rotatable bonds is 7. The summed E-state index contributed by atoms with van der Waals surface area (Å²) in [7, 11) is 1.43. The number of aromatic nitrogens is 5. The maximum Gasteiger partial charge on any atom is 0.251 e. The van der Waals surface area contributed by atoms with Crippen LogP contribution in [-0.4, -0.2) is 69.8 Å². The minimum Gasteiger partial charge on any atom is -0.381 e. The van der Waals surface area contributed by atoms with E-state index in [9.17, 15) is 13.6 Å². The van der Waals surface area contributed by atoms with Gasteiger partial charge in [-0.2, -0.15) is 10.2 Å². The largest absolute Gasteiger partial charge is 0.381 e. The first kappa shape index (κ1) is 25.4. The van der Waals surface area contributed by atoms with E-state index in [1.54, 1.807) is 12.4 Å². The van der Waals surface area contributed by atoms with Crippen molar-refractivity contribution >= 4 is 17.4 Å². The van der Waals surface area contributed by atoms with Gasteiger partial charge in [0.25, 0.3) is 5.91 Å². The topological polar surface area (TPSA) is 108 Å². The molecule has 0 spiro atoms. The molecule has 4 aromatic rings. The summed E-state index contributed by atoms with van der Waals surface area (Å²) in [5.74, 6) is -1.65. The fourth-order valence-corrected chi connectivity index (χ4v) is 5.12. The highest BCUT2D eigenvalue weighted by molar-refractivity contribution is 5.96. The predicted octanol–water partition coefficient (Wildman–Crippen LogP) is 3.53. The fraction of sp³-hybridized carbons (Fsp3) is 0.407. The van der Waals surface area contributed by atoms with E-state index in [-0.39, 0.29) is 22.7 Å². The molecule has 0 bridgehead atoms. The number of hydrogen-bond donors (Lipinski definition) is 2. The van der Waals surface area contributed by atoms with Crippen LogP contribution in [0.1, 0.15) is 29.6 Å². The zero-order valence-corrected chi connectivity index (χ0v) is 21.5. The van der Waals surface area contributed by atoms with Crippen LogP contribution in [0.15, 0.2) is 36.9 Å². The molecule has 3 aromatic heterocycles. The molecule has 39 heavy (non-hydrogen) atoms. The monoisotopic (exact) mass is 537 g/mol. The number of nitrogens with zero attached hydrogens (tertiary/aromatic N) is 5. The molecule has 10 nitrogen and oxygen atoms in total. The minimum atomic E-state index is -1.12. The highest BCUT2D eigenvalue weighted by Crippen LogP contribution is 2.34. The second kappa shape index (κ2) is 10.7. The fourth-order valence-electron chi connectivity index (χ4n) is 5.12. The molecule has 0 saturated carbocycles. The number of hydrogen-bond acceptors (Lipinski definition) is 7. The maximum absolute atomic E-state index is 15.0. The van der Waals surface area contributed by atoms with E-state index in [1.165, 1.54) is 23.8 Å². The predicted molar refractivity (Wildman–Crippen MR) is 139 cm³/mol. The number of benzene rings is 1. The van der Waals surface area contributed by atoms with Gasteiger partial charge in [0.1, 0.15) is 5.82 Å². The lowest BCUT2D eigenvalue weighted by atomic mass is 10.0. The van der Waals surface area contributed by atoms with E-state index in [1.807, 2.05) is 10.9 Å². The molecule has 2 aliphatic rings. The maximum atomic E-state index is 15.0. The molecule has 5 heterocycles. The van der Waals surface area contributed by atoms with Crippen molar-refractivity contribution in [3.63, 3.8) is 0 Å². The van der Waals surface area contributed by atoms with Gasteiger partial charge in [-0.05, 0) is 37.3 Å². The Morgan fingerprint density at radius 2 is 1.85 bits per heavy atom. The second-order valence-electron chi connectivity index (χ2n) is 9.94. The van der Waals surface area contributed by atoms with Crippen LogP contribution in [0.25, 0.3) is 27.9 Å². The molecule has 204 valence electrons. The van der Waals surface area contributed by atoms with Crippen molar-refractivity contribution in [1.29, 1.82) is 0 Å². The Bertz CT molecular complexity index is 1510. The molecule has 12 heteroatoms. The average Bonchev–Trinajstić information content (AvgIpc) is 3.72. The number of nitrogens with one attached hydrogen (secondary N) is 2. The molecule has 2 fully saturated rings. The molecule has 1 atom stereocenters. The van der Waals surface area contributed by atoms with Gasteiger partial charge >= 0.3 is 0 Å². The van der Waals surface area contributed by atoms with E-state index in [4.69, 9.17) is 14.5 Å². The number of amides is 1. The first-order valence-corrected chi connectivity index (χ1v) is 13.0. The third kappa shape index (κ3) is 5.09. The van der Waals surface area contributed by atoms with Crippen molar-refractivity contribution in [2.24, 2.45) is 5.92 Å². The zero-order chi connectivity index (χ0) is 26.9. The highest BCUT2D eigenvalue weighted by atomic mass is 19.2. The summed E-state index contributed by atoms with van der Waals surface area (Å²) in [6.07, 6.45) is 9.84. The average molecular weight is 538 g/mol. The van der Waals surface area contributed by atoms with Crippen molar-refractivity contribution in [2.45, 2.75) is 31.8 Å². The number of carbonyl (C=O) groups is 1. The molecule has 6 rings (SSSR count). The van der Waals surface area contributed by atoms with Crippen LogP contribution in [0.2, 0.25) is 0 Å². The lowest BCUT2D eigenvalue weighted by Crippen LogP contribution is -2.21. The molecular weight excluding hydrogens is 508 g/mol. The molecule has 2 N–H and O–H groups in total. The van der Waals surface area contributed by atoms with Gasteiger partial charge in [-0.3, -0.25) is 9.48 Å². The first-order chi connectivity index (χ1) is 19.0. The summed E-state index contributed by atoms with van der Waals surface area (Å²) in [5, 5.41) is 14.9. The van der Waals surface area contributed by atoms with Crippen LogP contribution in [0.4, 0.5) is 14.6 Å². The van der Waals surface area contributed by atoms with Gasteiger partial charge in [0.05, 0.1) is 25.0 Å². The van der Waals surface area contributed by atoms with Crippen LogP contribution >= 0.6 is 0 Å². The summed E-state index contributed by atoms with van der Waals surface area (Å²) in [6, 6.07) is 2.23. The van der Waals surface area contributed by atoms with Gasteiger partial charge in [0.15, 0.2) is 17.3 Å². The minimum absolute atomic E-state index is 0.000709. The van der Waals surface area contributed by atoms with Gasteiger partial charge in [0.2, 0.25) is 0 Å². The Kier molecular flexibility index (Phi) is 6.96. The van der Waals surface area contributed by atoms with Crippen molar-refractivity contribution in [1.82, 2.24) is 29.7 Å². The van der Waals surface area contributed by atoms with Gasteiger partial charge < -0.3 is 20.1 Å². The summed E-state index contributed by atoms with van der Waals surface area (Å²) in [4.78, 5) is 17.0. The summed E-state index contributed by atoms with van der Waals surface area (Å²) in [5.41, 5.74) is 2.12. The SMILES string of the molecule is CNC(=O)c1cc(F)c(F)c(-c2cnn3cc(-c4cnn(CC5CCOCC5)c4)c(N[C@H]4CCOC4)nc23)c1.